The first-order valence-corrected chi connectivity index (χ1v) is 4.74. The second-order valence-electron chi connectivity index (χ2n) is 2.28. The third kappa shape index (κ3) is 1.18. The molecule has 0 bridgehead atoms. The molecule has 0 saturated carbocycles. The molecule has 1 N–H and O–H groups in total. The van der Waals surface area contributed by atoms with Crippen molar-refractivity contribution in [1.29, 1.82) is 0 Å². The van der Waals surface area contributed by atoms with Gasteiger partial charge >= 0.3 is 0 Å². The summed E-state index contributed by atoms with van der Waals surface area (Å²) in [5.41, 5.74) is -0.236. The lowest BCUT2D eigenvalue weighted by Crippen LogP contribution is -1.88. The SMILES string of the molecule is Fc1c(Br)c(Br)c(F)c2n[nH]nc12. The summed E-state index contributed by atoms with van der Waals surface area (Å²) in [5.74, 6) is -1.28. The largest absolute Gasteiger partial charge is 0.203 e. The van der Waals surface area contributed by atoms with Gasteiger partial charge in [0.15, 0.2) is 22.7 Å². The zero-order chi connectivity index (χ0) is 9.59. The van der Waals surface area contributed by atoms with Gasteiger partial charge in [-0.25, -0.2) is 8.78 Å². The number of nitrogens with zero attached hydrogens (tertiary/aromatic N) is 2. The lowest BCUT2D eigenvalue weighted by molar-refractivity contribution is 0.603. The van der Waals surface area contributed by atoms with Gasteiger partial charge in [0.05, 0.1) is 8.95 Å². The molecule has 0 radical (unpaired) electrons. The van der Waals surface area contributed by atoms with Crippen molar-refractivity contribution < 1.29 is 8.78 Å². The van der Waals surface area contributed by atoms with Crippen LogP contribution in [0, 0.1) is 11.6 Å². The molecule has 0 saturated heterocycles. The molecular weight excluding hydrogens is 312 g/mol. The van der Waals surface area contributed by atoms with Crippen LogP contribution in [0.5, 0.6) is 0 Å². The highest BCUT2D eigenvalue weighted by atomic mass is 79.9. The van der Waals surface area contributed by atoms with Gasteiger partial charge in [0.25, 0.3) is 0 Å². The summed E-state index contributed by atoms with van der Waals surface area (Å²) < 4.78 is 26.6. The minimum absolute atomic E-state index is 0.00593. The molecule has 68 valence electrons. The van der Waals surface area contributed by atoms with Gasteiger partial charge in [-0.2, -0.15) is 15.4 Å². The van der Waals surface area contributed by atoms with Crippen LogP contribution < -0.4 is 0 Å². The number of H-pyrrole nitrogens is 1. The van der Waals surface area contributed by atoms with Gasteiger partial charge in [-0.15, -0.1) is 0 Å². The van der Waals surface area contributed by atoms with Crippen molar-refractivity contribution in [2.24, 2.45) is 0 Å². The van der Waals surface area contributed by atoms with E-state index in [1.165, 1.54) is 0 Å². The molecule has 0 aliphatic carbocycles. The van der Waals surface area contributed by atoms with Crippen LogP contribution in [0.15, 0.2) is 8.95 Å². The molecule has 13 heavy (non-hydrogen) atoms. The molecule has 1 aromatic heterocycles. The average Bonchev–Trinajstić information content (AvgIpc) is 2.59. The van der Waals surface area contributed by atoms with Crippen molar-refractivity contribution in [2.45, 2.75) is 0 Å². The fourth-order valence-electron chi connectivity index (χ4n) is 0.938. The zero-order valence-electron chi connectivity index (χ0n) is 5.91. The molecule has 0 spiro atoms. The number of aromatic nitrogens is 3. The van der Waals surface area contributed by atoms with Crippen LogP contribution in [-0.4, -0.2) is 15.4 Å². The Hall–Kier alpha value is -0.560. The summed E-state index contributed by atoms with van der Waals surface area (Å²) >= 11 is 5.78. The highest BCUT2D eigenvalue weighted by Crippen LogP contribution is 2.33. The zero-order valence-corrected chi connectivity index (χ0v) is 9.08. The summed E-state index contributed by atoms with van der Waals surface area (Å²) in [6.45, 7) is 0. The molecule has 3 nitrogen and oxygen atoms in total. The first-order valence-electron chi connectivity index (χ1n) is 3.15. The summed E-state index contributed by atoms with van der Waals surface area (Å²) in [6.07, 6.45) is 0. The Bertz CT molecular complexity index is 440. The van der Waals surface area contributed by atoms with Crippen LogP contribution in [0.2, 0.25) is 0 Å². The molecule has 0 aliphatic rings. The fourth-order valence-corrected chi connectivity index (χ4v) is 1.66. The van der Waals surface area contributed by atoms with E-state index >= 15 is 0 Å². The van der Waals surface area contributed by atoms with Crippen molar-refractivity contribution >= 4 is 42.9 Å². The van der Waals surface area contributed by atoms with Crippen molar-refractivity contribution in [3.05, 3.63) is 20.6 Å². The molecule has 2 aromatic rings. The van der Waals surface area contributed by atoms with Crippen LogP contribution in [0.4, 0.5) is 8.78 Å². The van der Waals surface area contributed by atoms with Crippen molar-refractivity contribution in [2.75, 3.05) is 0 Å². The number of aromatic amines is 1. The van der Waals surface area contributed by atoms with Gasteiger partial charge in [0.2, 0.25) is 0 Å². The van der Waals surface area contributed by atoms with Crippen LogP contribution in [0.25, 0.3) is 11.0 Å². The monoisotopic (exact) mass is 311 g/mol. The topological polar surface area (TPSA) is 41.6 Å². The number of rotatable bonds is 0. The number of benzene rings is 1. The number of fused-ring (bicyclic) bond motifs is 1. The fraction of sp³-hybridized carbons (Fsp3) is 0. The molecule has 1 aromatic carbocycles. The third-order valence-corrected chi connectivity index (χ3v) is 3.56. The van der Waals surface area contributed by atoms with E-state index in [-0.39, 0.29) is 20.0 Å². The molecule has 7 heteroatoms. The molecule has 2 rings (SSSR count). The van der Waals surface area contributed by atoms with Gasteiger partial charge in [0, 0.05) is 0 Å². The van der Waals surface area contributed by atoms with Crippen LogP contribution in [0.3, 0.4) is 0 Å². The second-order valence-corrected chi connectivity index (χ2v) is 3.86. The Labute approximate surface area is 87.8 Å². The minimum Gasteiger partial charge on any atom is -0.203 e. The van der Waals surface area contributed by atoms with Gasteiger partial charge in [0.1, 0.15) is 0 Å². The second kappa shape index (κ2) is 2.98. The molecule has 0 aliphatic heterocycles. The predicted octanol–water partition coefficient (Wildman–Crippen LogP) is 2.76. The number of hydrogen-bond acceptors (Lipinski definition) is 2. The van der Waals surface area contributed by atoms with Crippen molar-refractivity contribution in [3.8, 4) is 0 Å². The van der Waals surface area contributed by atoms with Gasteiger partial charge < -0.3 is 0 Å². The summed E-state index contributed by atoms with van der Waals surface area (Å²) in [4.78, 5) is 0. The Morgan fingerprint density at radius 2 is 1.31 bits per heavy atom. The van der Waals surface area contributed by atoms with E-state index in [2.05, 4.69) is 47.3 Å². The van der Waals surface area contributed by atoms with Gasteiger partial charge in [-0.05, 0) is 31.9 Å². The van der Waals surface area contributed by atoms with E-state index < -0.39 is 11.6 Å². The van der Waals surface area contributed by atoms with Crippen molar-refractivity contribution in [3.63, 3.8) is 0 Å². The van der Waals surface area contributed by atoms with Gasteiger partial charge in [-0.1, -0.05) is 0 Å². The van der Waals surface area contributed by atoms with E-state index in [1.54, 1.807) is 0 Å². The highest BCUT2D eigenvalue weighted by molar-refractivity contribution is 9.13. The smallest absolute Gasteiger partial charge is 0.168 e. The Morgan fingerprint density at radius 3 is 1.69 bits per heavy atom. The highest BCUT2D eigenvalue weighted by Gasteiger charge is 2.19. The van der Waals surface area contributed by atoms with E-state index in [9.17, 15) is 8.78 Å². The number of nitrogens with one attached hydrogen (secondary N) is 1. The maximum Gasteiger partial charge on any atom is 0.168 e. The summed E-state index contributed by atoms with van der Waals surface area (Å²) in [7, 11) is 0. The predicted molar refractivity (Wildman–Crippen MR) is 49.2 cm³/mol. The lowest BCUT2D eigenvalue weighted by Gasteiger charge is -1.99. The van der Waals surface area contributed by atoms with Crippen molar-refractivity contribution in [1.82, 2.24) is 15.4 Å². The van der Waals surface area contributed by atoms with E-state index in [0.29, 0.717) is 0 Å². The normalized spacial score (nSPS) is 11.1. The Kier molecular flexibility index (Phi) is 2.07. The first kappa shape index (κ1) is 9.01. The number of hydrogen-bond donors (Lipinski definition) is 1. The molecule has 1 heterocycles. The molecule has 0 amide bonds. The molecule has 0 fully saturated rings. The summed E-state index contributed by atoms with van der Waals surface area (Å²) in [6, 6.07) is 0. The lowest BCUT2D eigenvalue weighted by atomic mass is 10.3. The van der Waals surface area contributed by atoms with Gasteiger partial charge in [-0.3, -0.25) is 0 Å². The summed E-state index contributed by atoms with van der Waals surface area (Å²) in [5, 5.41) is 9.11. The quantitative estimate of drug-likeness (QED) is 0.600. The Balaban J connectivity index is 3.02. The molecule has 0 atom stereocenters. The first-order chi connectivity index (χ1) is 6.13. The van der Waals surface area contributed by atoms with Crippen LogP contribution in [0.1, 0.15) is 0 Å². The average molecular weight is 313 g/mol. The third-order valence-electron chi connectivity index (χ3n) is 1.54. The van der Waals surface area contributed by atoms with E-state index in [1.807, 2.05) is 0 Å². The van der Waals surface area contributed by atoms with E-state index in [4.69, 9.17) is 0 Å². The van der Waals surface area contributed by atoms with Crippen LogP contribution >= 0.6 is 31.9 Å². The molecular formula is C6HBr2F2N3. The van der Waals surface area contributed by atoms with Crippen LogP contribution in [-0.2, 0) is 0 Å². The minimum atomic E-state index is -0.642. The maximum atomic E-state index is 13.3. The Morgan fingerprint density at radius 1 is 0.923 bits per heavy atom. The maximum absolute atomic E-state index is 13.3. The molecule has 0 unspecified atom stereocenters. The standard InChI is InChI=1S/C6HBr2F2N3/c7-1-2(8)4(10)6-5(3(1)9)11-13-12-6/h(H,11,12,13). The number of halogens is 4. The van der Waals surface area contributed by atoms with E-state index in [0.717, 1.165) is 0 Å².